The lowest BCUT2D eigenvalue weighted by Crippen LogP contribution is -2.58. The van der Waals surface area contributed by atoms with Gasteiger partial charge in [-0.3, -0.25) is 4.79 Å². The van der Waals surface area contributed by atoms with Gasteiger partial charge in [-0.25, -0.2) is 0 Å². The molecule has 4 aliphatic carbocycles. The smallest absolute Gasteiger partial charge is 0.312 e. The fourth-order valence-electron chi connectivity index (χ4n) is 8.89. The molecule has 1 spiro atoms. The van der Waals surface area contributed by atoms with Crippen LogP contribution in [0.3, 0.4) is 0 Å². The van der Waals surface area contributed by atoms with E-state index in [2.05, 4.69) is 25.9 Å². The second-order valence-electron chi connectivity index (χ2n) is 12.0. The number of hydrogen-bond acceptors (Lipinski definition) is 6. The molecule has 0 N–H and O–H groups in total. The molecule has 5 fully saturated rings. The molecule has 1 aliphatic heterocycles. The van der Waals surface area contributed by atoms with E-state index < -0.39 is 0 Å². The lowest BCUT2D eigenvalue weighted by molar-refractivity contribution is -0.187. The van der Waals surface area contributed by atoms with Crippen molar-refractivity contribution in [2.45, 2.75) is 91.8 Å². The second-order valence-corrected chi connectivity index (χ2v) is 12.0. The molecule has 0 radical (unpaired) electrons. The van der Waals surface area contributed by atoms with Crippen LogP contribution in [0.4, 0.5) is 0 Å². The van der Waals surface area contributed by atoms with Crippen molar-refractivity contribution in [1.82, 2.24) is 0 Å². The minimum Gasteiger partial charge on any atom is -0.466 e. The third kappa shape index (κ3) is 3.34. The van der Waals surface area contributed by atoms with Crippen molar-refractivity contribution in [2.24, 2.45) is 38.7 Å². The number of fused-ring (bicyclic) bond motifs is 3. The molecule has 32 heavy (non-hydrogen) atoms. The van der Waals surface area contributed by atoms with Gasteiger partial charge in [-0.2, -0.15) is 0 Å². The maximum Gasteiger partial charge on any atom is 0.312 e. The Balaban J connectivity index is 1.38. The molecule has 180 valence electrons. The number of carbonyl (C=O) groups is 1. The molecule has 1 saturated heterocycles. The van der Waals surface area contributed by atoms with Gasteiger partial charge in [0, 0.05) is 5.41 Å². The van der Waals surface area contributed by atoms with Crippen LogP contribution >= 0.6 is 0 Å². The van der Waals surface area contributed by atoms with Gasteiger partial charge in [-0.15, -0.1) is 0 Å². The van der Waals surface area contributed by atoms with Crippen LogP contribution in [0.25, 0.3) is 0 Å². The first-order valence-electron chi connectivity index (χ1n) is 12.9. The molecule has 6 heteroatoms. The standard InChI is InChI=1S/C26H41NO5/c1-5-29-22(28)25(4)10-6-9-24(3)18(25)8-12-26-15-20(23(2,17-26)11-7-19(24)26)27-32-16-21-30-13-14-31-21/h18-19,21H,5-17H2,1-4H3/b27-20+/t18-,19-,23-,24+,25+,26-/m0/s1. The molecule has 1 heterocycles. The summed E-state index contributed by atoms with van der Waals surface area (Å²) >= 11 is 0. The van der Waals surface area contributed by atoms with Crippen molar-refractivity contribution in [3.05, 3.63) is 0 Å². The van der Waals surface area contributed by atoms with Crippen LogP contribution in [0.5, 0.6) is 0 Å². The van der Waals surface area contributed by atoms with Gasteiger partial charge in [0.2, 0.25) is 0 Å². The third-order valence-electron chi connectivity index (χ3n) is 10.2. The van der Waals surface area contributed by atoms with Crippen molar-refractivity contribution in [2.75, 3.05) is 26.4 Å². The Labute approximate surface area is 192 Å². The molecular weight excluding hydrogens is 406 g/mol. The van der Waals surface area contributed by atoms with Gasteiger partial charge in [0.15, 0.2) is 12.9 Å². The quantitative estimate of drug-likeness (QED) is 0.433. The van der Waals surface area contributed by atoms with E-state index in [9.17, 15) is 4.79 Å². The number of nitrogens with zero attached hydrogens (tertiary/aromatic N) is 1. The fraction of sp³-hybridized carbons (Fsp3) is 0.923. The minimum atomic E-state index is -0.342. The van der Waals surface area contributed by atoms with Gasteiger partial charge in [-0.05, 0) is 87.9 Å². The van der Waals surface area contributed by atoms with Crippen molar-refractivity contribution in [3.8, 4) is 0 Å². The molecule has 0 amide bonds. The summed E-state index contributed by atoms with van der Waals surface area (Å²) in [6, 6.07) is 0. The molecule has 0 aromatic heterocycles. The lowest BCUT2D eigenvalue weighted by Gasteiger charge is -2.64. The molecule has 0 aromatic carbocycles. The Morgan fingerprint density at radius 2 is 1.81 bits per heavy atom. The van der Waals surface area contributed by atoms with Crippen LogP contribution in [0.2, 0.25) is 0 Å². The molecule has 5 rings (SSSR count). The van der Waals surface area contributed by atoms with E-state index in [1.54, 1.807) is 0 Å². The molecule has 6 nitrogen and oxygen atoms in total. The zero-order chi connectivity index (χ0) is 22.6. The Bertz CT molecular complexity index is 778. The summed E-state index contributed by atoms with van der Waals surface area (Å²) in [5.74, 6) is 1.09. The topological polar surface area (TPSA) is 66.4 Å². The monoisotopic (exact) mass is 447 g/mol. The average molecular weight is 448 g/mol. The Morgan fingerprint density at radius 3 is 2.56 bits per heavy atom. The highest BCUT2D eigenvalue weighted by molar-refractivity contribution is 5.93. The maximum absolute atomic E-state index is 13.1. The first-order valence-corrected chi connectivity index (χ1v) is 12.9. The zero-order valence-electron chi connectivity index (χ0n) is 20.4. The van der Waals surface area contributed by atoms with Gasteiger partial charge in [0.25, 0.3) is 0 Å². The van der Waals surface area contributed by atoms with Crippen LogP contribution in [-0.2, 0) is 23.8 Å². The predicted molar refractivity (Wildman–Crippen MR) is 121 cm³/mol. The van der Waals surface area contributed by atoms with E-state index in [4.69, 9.17) is 19.0 Å². The largest absolute Gasteiger partial charge is 0.466 e. The van der Waals surface area contributed by atoms with Crippen LogP contribution in [0.15, 0.2) is 5.16 Å². The average Bonchev–Trinajstić information content (AvgIpc) is 3.32. The Kier molecular flexibility index (Phi) is 5.64. The predicted octanol–water partition coefficient (Wildman–Crippen LogP) is 5.10. The summed E-state index contributed by atoms with van der Waals surface area (Å²) in [7, 11) is 0. The van der Waals surface area contributed by atoms with E-state index in [1.165, 1.54) is 31.4 Å². The van der Waals surface area contributed by atoms with Gasteiger partial charge < -0.3 is 19.0 Å². The summed E-state index contributed by atoms with van der Waals surface area (Å²) in [4.78, 5) is 18.8. The van der Waals surface area contributed by atoms with E-state index in [0.29, 0.717) is 43.7 Å². The molecule has 6 atom stereocenters. The van der Waals surface area contributed by atoms with Crippen LogP contribution in [-0.4, -0.2) is 44.4 Å². The van der Waals surface area contributed by atoms with Gasteiger partial charge in [-0.1, -0.05) is 25.4 Å². The highest BCUT2D eigenvalue weighted by Gasteiger charge is 2.67. The molecule has 5 aliphatic rings. The third-order valence-corrected chi connectivity index (χ3v) is 10.2. The molecule has 2 bridgehead atoms. The van der Waals surface area contributed by atoms with Gasteiger partial charge in [0.05, 0.1) is 30.9 Å². The van der Waals surface area contributed by atoms with Crippen LogP contribution < -0.4 is 0 Å². The molecule has 0 aromatic rings. The van der Waals surface area contributed by atoms with Crippen molar-refractivity contribution in [1.29, 1.82) is 0 Å². The summed E-state index contributed by atoms with van der Waals surface area (Å²) in [5.41, 5.74) is 1.53. The maximum atomic E-state index is 13.1. The number of hydrogen-bond donors (Lipinski definition) is 0. The molecule has 0 unspecified atom stereocenters. The normalized spacial score (nSPS) is 47.2. The highest BCUT2D eigenvalue weighted by atomic mass is 16.7. The summed E-state index contributed by atoms with van der Waals surface area (Å²) in [6.45, 7) is 11.1. The summed E-state index contributed by atoms with van der Waals surface area (Å²) in [6.07, 6.45) is 10.00. The van der Waals surface area contributed by atoms with Gasteiger partial charge >= 0.3 is 5.97 Å². The first kappa shape index (κ1) is 22.6. The highest BCUT2D eigenvalue weighted by Crippen LogP contribution is 2.73. The van der Waals surface area contributed by atoms with E-state index in [-0.39, 0.29) is 28.5 Å². The SMILES string of the molecule is CCOC(=O)[C@]1(C)CCC[C@@]2(C)[C@@H]3CC[C@@]4(C)C[C@]3(CC[C@@H]21)C/C4=N\OCC1OCCO1. The van der Waals surface area contributed by atoms with Crippen molar-refractivity contribution >= 4 is 11.7 Å². The molecular formula is C26H41NO5. The number of rotatable bonds is 5. The Morgan fingerprint density at radius 1 is 1.06 bits per heavy atom. The lowest BCUT2D eigenvalue weighted by atomic mass is 9.40. The number of ether oxygens (including phenoxy) is 3. The molecule has 4 saturated carbocycles. The van der Waals surface area contributed by atoms with Gasteiger partial charge in [0.1, 0.15) is 0 Å². The number of esters is 1. The first-order chi connectivity index (χ1) is 15.3. The summed E-state index contributed by atoms with van der Waals surface area (Å²) < 4.78 is 16.6. The van der Waals surface area contributed by atoms with Crippen LogP contribution in [0, 0.1) is 33.5 Å². The van der Waals surface area contributed by atoms with E-state index in [0.717, 1.165) is 32.1 Å². The van der Waals surface area contributed by atoms with Crippen LogP contribution in [0.1, 0.15) is 85.5 Å². The number of carbonyl (C=O) groups excluding carboxylic acids is 1. The summed E-state index contributed by atoms with van der Waals surface area (Å²) in [5, 5.41) is 4.68. The second kappa shape index (κ2) is 7.97. The minimum absolute atomic E-state index is 0.0333. The fourth-order valence-corrected chi connectivity index (χ4v) is 8.89. The van der Waals surface area contributed by atoms with E-state index >= 15 is 0 Å². The van der Waals surface area contributed by atoms with Crippen molar-refractivity contribution in [3.63, 3.8) is 0 Å². The zero-order valence-corrected chi connectivity index (χ0v) is 20.4. The number of oxime groups is 1. The Hall–Kier alpha value is -1.14. The van der Waals surface area contributed by atoms with E-state index in [1.807, 2.05) is 6.92 Å². The van der Waals surface area contributed by atoms with Crippen molar-refractivity contribution < 1.29 is 23.8 Å².